The van der Waals surface area contributed by atoms with Gasteiger partial charge in [-0.25, -0.2) is 0 Å². The summed E-state index contributed by atoms with van der Waals surface area (Å²) in [5.74, 6) is 0.913. The first-order valence-electron chi connectivity index (χ1n) is 10.9. The molecule has 2 amide bonds. The summed E-state index contributed by atoms with van der Waals surface area (Å²) in [4.78, 5) is 28.1. The minimum atomic E-state index is -0.422. The first-order valence-corrected chi connectivity index (χ1v) is 11.3. The Kier molecular flexibility index (Phi) is 8.08. The van der Waals surface area contributed by atoms with E-state index in [1.807, 2.05) is 26.0 Å². The van der Waals surface area contributed by atoms with Crippen LogP contribution in [0.2, 0.25) is 5.02 Å². The van der Waals surface area contributed by atoms with Crippen LogP contribution in [0.1, 0.15) is 35.7 Å². The van der Waals surface area contributed by atoms with E-state index in [9.17, 15) is 9.59 Å². The quantitative estimate of drug-likeness (QED) is 0.626. The highest BCUT2D eigenvalue weighted by Gasteiger charge is 2.41. The molecule has 0 bridgehead atoms. The van der Waals surface area contributed by atoms with Gasteiger partial charge in [0.1, 0.15) is 0 Å². The second-order valence-corrected chi connectivity index (χ2v) is 8.97. The predicted molar refractivity (Wildman–Crippen MR) is 128 cm³/mol. The Bertz CT molecular complexity index is 985. The van der Waals surface area contributed by atoms with Crippen molar-refractivity contribution >= 4 is 23.4 Å². The first kappa shape index (κ1) is 24.7. The van der Waals surface area contributed by atoms with Crippen molar-refractivity contribution in [3.8, 4) is 17.2 Å². The molecule has 0 radical (unpaired) electrons. The lowest BCUT2D eigenvalue weighted by molar-refractivity contribution is -0.125. The minimum Gasteiger partial charge on any atom is -0.493 e. The third-order valence-corrected chi connectivity index (χ3v) is 6.05. The number of hydrogen-bond acceptors (Lipinski definition) is 5. The second kappa shape index (κ2) is 10.8. The van der Waals surface area contributed by atoms with Gasteiger partial charge in [-0.1, -0.05) is 31.5 Å². The Hall–Kier alpha value is -2.93. The van der Waals surface area contributed by atoms with Crippen molar-refractivity contribution in [2.75, 3.05) is 41.0 Å². The van der Waals surface area contributed by atoms with Crippen molar-refractivity contribution in [1.29, 1.82) is 0 Å². The van der Waals surface area contributed by atoms with Gasteiger partial charge in [-0.05, 0) is 41.8 Å². The largest absolute Gasteiger partial charge is 0.493 e. The molecule has 8 heteroatoms. The third-order valence-electron chi connectivity index (χ3n) is 5.82. The van der Waals surface area contributed by atoms with Crippen LogP contribution in [0.4, 0.5) is 0 Å². The van der Waals surface area contributed by atoms with Gasteiger partial charge in [-0.15, -0.1) is 0 Å². The van der Waals surface area contributed by atoms with E-state index in [2.05, 4.69) is 5.32 Å². The maximum Gasteiger partial charge on any atom is 0.253 e. The number of rotatable bonds is 8. The SMILES string of the molecule is COc1cc(C2CN(C(=O)c3cccc(Cl)c3)CC2C(=O)NCC(C)C)cc(OC)c1OC. The topological polar surface area (TPSA) is 77.1 Å². The number of nitrogens with zero attached hydrogens (tertiary/aromatic N) is 1. The summed E-state index contributed by atoms with van der Waals surface area (Å²) in [6.07, 6.45) is 0. The Morgan fingerprint density at radius 1 is 1.06 bits per heavy atom. The lowest BCUT2D eigenvalue weighted by Gasteiger charge is -2.21. The van der Waals surface area contributed by atoms with Crippen LogP contribution in [0.5, 0.6) is 17.2 Å². The van der Waals surface area contributed by atoms with Crippen molar-refractivity contribution in [1.82, 2.24) is 10.2 Å². The van der Waals surface area contributed by atoms with Gasteiger partial charge in [0.25, 0.3) is 5.91 Å². The summed E-state index contributed by atoms with van der Waals surface area (Å²) in [6.45, 7) is 5.33. The average Bonchev–Trinajstić information content (AvgIpc) is 3.26. The van der Waals surface area contributed by atoms with Crippen LogP contribution in [0, 0.1) is 11.8 Å². The van der Waals surface area contributed by atoms with Crippen molar-refractivity contribution in [3.05, 3.63) is 52.5 Å². The Balaban J connectivity index is 1.97. The highest BCUT2D eigenvalue weighted by molar-refractivity contribution is 6.30. The number of likely N-dealkylation sites (tertiary alicyclic amines) is 1. The normalized spacial score (nSPS) is 17.7. The summed E-state index contributed by atoms with van der Waals surface area (Å²) in [5, 5.41) is 3.52. The maximum absolute atomic E-state index is 13.2. The molecule has 0 aromatic heterocycles. The van der Waals surface area contributed by atoms with Gasteiger partial charge in [-0.2, -0.15) is 0 Å². The third kappa shape index (κ3) is 5.53. The molecule has 33 heavy (non-hydrogen) atoms. The van der Waals surface area contributed by atoms with Gasteiger partial charge in [-0.3, -0.25) is 9.59 Å². The molecule has 1 saturated heterocycles. The number of nitrogens with one attached hydrogen (secondary N) is 1. The Morgan fingerprint density at radius 3 is 2.27 bits per heavy atom. The molecular formula is C25H31ClN2O5. The van der Waals surface area contributed by atoms with E-state index in [-0.39, 0.29) is 17.7 Å². The molecule has 178 valence electrons. The Morgan fingerprint density at radius 2 is 1.73 bits per heavy atom. The molecule has 0 spiro atoms. The zero-order chi connectivity index (χ0) is 24.1. The summed E-state index contributed by atoms with van der Waals surface area (Å²) >= 11 is 6.09. The highest BCUT2D eigenvalue weighted by Crippen LogP contribution is 2.43. The maximum atomic E-state index is 13.2. The van der Waals surface area contributed by atoms with E-state index in [0.717, 1.165) is 5.56 Å². The fourth-order valence-electron chi connectivity index (χ4n) is 4.13. The van der Waals surface area contributed by atoms with Crippen LogP contribution in [0.3, 0.4) is 0 Å². The van der Waals surface area contributed by atoms with E-state index >= 15 is 0 Å². The average molecular weight is 475 g/mol. The van der Waals surface area contributed by atoms with Crippen LogP contribution in [0.15, 0.2) is 36.4 Å². The molecule has 2 aromatic rings. The Labute approximate surface area is 200 Å². The van der Waals surface area contributed by atoms with Gasteiger partial charge >= 0.3 is 0 Å². The smallest absolute Gasteiger partial charge is 0.253 e. The molecule has 1 N–H and O–H groups in total. The van der Waals surface area contributed by atoms with Gasteiger partial charge in [0.05, 0.1) is 27.2 Å². The van der Waals surface area contributed by atoms with Crippen LogP contribution < -0.4 is 19.5 Å². The number of methoxy groups -OCH3 is 3. The lowest BCUT2D eigenvalue weighted by atomic mass is 9.87. The molecule has 1 heterocycles. The van der Waals surface area contributed by atoms with Crippen molar-refractivity contribution in [2.24, 2.45) is 11.8 Å². The van der Waals surface area contributed by atoms with E-state index in [1.54, 1.807) is 50.5 Å². The van der Waals surface area contributed by atoms with Crippen molar-refractivity contribution in [2.45, 2.75) is 19.8 Å². The number of halogens is 1. The van der Waals surface area contributed by atoms with Gasteiger partial charge < -0.3 is 24.4 Å². The van der Waals surface area contributed by atoms with Crippen molar-refractivity contribution < 1.29 is 23.8 Å². The minimum absolute atomic E-state index is 0.0798. The molecule has 1 aliphatic rings. The zero-order valence-electron chi connectivity index (χ0n) is 19.7. The second-order valence-electron chi connectivity index (χ2n) is 8.53. The predicted octanol–water partition coefficient (Wildman–Crippen LogP) is 3.99. The van der Waals surface area contributed by atoms with Gasteiger partial charge in [0, 0.05) is 36.1 Å². The number of carbonyl (C=O) groups excluding carboxylic acids is 2. The van der Waals surface area contributed by atoms with Gasteiger partial charge in [0.15, 0.2) is 11.5 Å². The summed E-state index contributed by atoms with van der Waals surface area (Å²) in [5.41, 5.74) is 1.34. The van der Waals surface area contributed by atoms with Crippen LogP contribution in [0.25, 0.3) is 0 Å². The standard InChI is InChI=1S/C25H31ClN2O5/c1-15(2)12-27-24(29)20-14-28(25(30)16-7-6-8-18(26)9-16)13-19(20)17-10-21(31-3)23(33-5)22(11-17)32-4/h6-11,15,19-20H,12-14H2,1-5H3,(H,27,29). The first-order chi connectivity index (χ1) is 15.8. The van der Waals surface area contributed by atoms with E-state index in [1.165, 1.54) is 0 Å². The van der Waals surface area contributed by atoms with E-state index in [4.69, 9.17) is 25.8 Å². The molecule has 7 nitrogen and oxygen atoms in total. The summed E-state index contributed by atoms with van der Waals surface area (Å²) in [7, 11) is 4.65. The molecule has 1 aliphatic heterocycles. The highest BCUT2D eigenvalue weighted by atomic mass is 35.5. The van der Waals surface area contributed by atoms with Crippen LogP contribution in [-0.4, -0.2) is 57.7 Å². The van der Waals surface area contributed by atoms with Gasteiger partial charge in [0.2, 0.25) is 11.7 Å². The number of carbonyl (C=O) groups is 2. The number of benzene rings is 2. The van der Waals surface area contributed by atoms with Crippen LogP contribution >= 0.6 is 11.6 Å². The van der Waals surface area contributed by atoms with E-state index < -0.39 is 5.92 Å². The molecule has 0 saturated carbocycles. The van der Waals surface area contributed by atoms with Crippen LogP contribution in [-0.2, 0) is 4.79 Å². The molecule has 2 aromatic carbocycles. The fourth-order valence-corrected chi connectivity index (χ4v) is 4.32. The number of ether oxygens (including phenoxy) is 3. The molecule has 2 unspecified atom stereocenters. The molecule has 0 aliphatic carbocycles. The number of hydrogen-bond donors (Lipinski definition) is 1. The molecule has 3 rings (SSSR count). The molecule has 1 fully saturated rings. The number of amides is 2. The molecular weight excluding hydrogens is 444 g/mol. The van der Waals surface area contributed by atoms with E-state index in [0.29, 0.717) is 53.4 Å². The molecule has 2 atom stereocenters. The lowest BCUT2D eigenvalue weighted by Crippen LogP contribution is -2.37. The van der Waals surface area contributed by atoms with Crippen molar-refractivity contribution in [3.63, 3.8) is 0 Å². The summed E-state index contributed by atoms with van der Waals surface area (Å²) in [6, 6.07) is 10.5. The summed E-state index contributed by atoms with van der Waals surface area (Å²) < 4.78 is 16.5. The fraction of sp³-hybridized carbons (Fsp3) is 0.440. The zero-order valence-corrected chi connectivity index (χ0v) is 20.4. The monoisotopic (exact) mass is 474 g/mol.